The van der Waals surface area contributed by atoms with Crippen LogP contribution in [0.5, 0.6) is 0 Å². The molecule has 0 radical (unpaired) electrons. The van der Waals surface area contributed by atoms with Gasteiger partial charge in [-0.3, -0.25) is 0 Å². The van der Waals surface area contributed by atoms with Gasteiger partial charge in [-0.2, -0.15) is 0 Å². The highest BCUT2D eigenvalue weighted by Gasteiger charge is 2.27. The molecule has 49 heavy (non-hydrogen) atoms. The van der Waals surface area contributed by atoms with Gasteiger partial charge in [-0.15, -0.1) is 0 Å². The summed E-state index contributed by atoms with van der Waals surface area (Å²) in [5, 5.41) is 10.1. The summed E-state index contributed by atoms with van der Waals surface area (Å²) in [6.45, 7) is 0. The Hall–Kier alpha value is -6.58. The van der Waals surface area contributed by atoms with Crippen LogP contribution in [0.25, 0.3) is 110 Å². The topological polar surface area (TPSA) is 39.4 Å². The normalized spacial score (nSPS) is 12.1. The summed E-state index contributed by atoms with van der Waals surface area (Å²) in [7, 11) is 0. The number of furan rings is 3. The van der Waals surface area contributed by atoms with Crippen molar-refractivity contribution in [3.8, 4) is 33.6 Å². The van der Waals surface area contributed by atoms with E-state index >= 15 is 0 Å². The van der Waals surface area contributed by atoms with Crippen LogP contribution in [-0.2, 0) is 0 Å². The molecule has 3 aromatic heterocycles. The predicted octanol–water partition coefficient (Wildman–Crippen LogP) is 13.5. The van der Waals surface area contributed by atoms with Gasteiger partial charge < -0.3 is 13.3 Å². The van der Waals surface area contributed by atoms with Crippen LogP contribution in [0, 0.1) is 0 Å². The van der Waals surface area contributed by atoms with Crippen LogP contribution in [0.15, 0.2) is 171 Å². The molecule has 0 aliphatic carbocycles. The molecule has 0 aliphatic heterocycles. The molecule has 0 bridgehead atoms. The van der Waals surface area contributed by atoms with Crippen molar-refractivity contribution in [2.24, 2.45) is 0 Å². The SMILES string of the molecule is c1ccc(-c2oc3ccc4oc5ccccc5c4c3c2-c2c3ccccc3c(-c3cccc4oc5ccccc5c34)c3ccccc23)cc1. The summed E-state index contributed by atoms with van der Waals surface area (Å²) in [4.78, 5) is 0. The number of fused-ring (bicyclic) bond motifs is 10. The molecule has 0 atom stereocenters. The van der Waals surface area contributed by atoms with Crippen LogP contribution in [-0.4, -0.2) is 0 Å². The van der Waals surface area contributed by atoms with Gasteiger partial charge in [0.1, 0.15) is 33.7 Å². The fourth-order valence-corrected chi connectivity index (χ4v) is 8.11. The van der Waals surface area contributed by atoms with Crippen molar-refractivity contribution in [1.82, 2.24) is 0 Å². The molecule has 3 heterocycles. The quantitative estimate of drug-likeness (QED) is 0.183. The Morgan fingerprint density at radius 1 is 0.265 bits per heavy atom. The lowest BCUT2D eigenvalue weighted by Gasteiger charge is -2.18. The molecule has 0 saturated carbocycles. The van der Waals surface area contributed by atoms with Crippen molar-refractivity contribution in [3.63, 3.8) is 0 Å². The van der Waals surface area contributed by atoms with Gasteiger partial charge in [0.15, 0.2) is 0 Å². The Balaban J connectivity index is 1.36. The van der Waals surface area contributed by atoms with E-state index in [0.29, 0.717) is 0 Å². The second-order valence-corrected chi connectivity index (χ2v) is 12.7. The maximum atomic E-state index is 6.92. The third-order valence-corrected chi connectivity index (χ3v) is 10.1. The number of hydrogen-bond donors (Lipinski definition) is 0. The number of para-hydroxylation sites is 2. The molecule has 3 heteroatoms. The first kappa shape index (κ1) is 26.5. The van der Waals surface area contributed by atoms with Gasteiger partial charge in [0.05, 0.1) is 0 Å². The fraction of sp³-hybridized carbons (Fsp3) is 0. The Bertz CT molecular complexity index is 3040. The van der Waals surface area contributed by atoms with Gasteiger partial charge >= 0.3 is 0 Å². The standard InChI is InChI=1S/C46H26O3/c1-2-13-27(14-3-1)46-45(44-39(49-46)26-25-38-43(44)33-20-9-11-23-36(33)48-38)42-30-17-6-4-15-28(30)40(29-16-5-7-18-31(29)42)34-21-12-24-37-41(34)32-19-8-10-22-35(32)47-37/h1-26H. The van der Waals surface area contributed by atoms with Crippen LogP contribution in [0.4, 0.5) is 0 Å². The first-order valence-corrected chi connectivity index (χ1v) is 16.6. The predicted molar refractivity (Wildman–Crippen MR) is 202 cm³/mol. The van der Waals surface area contributed by atoms with Crippen molar-refractivity contribution in [2.75, 3.05) is 0 Å². The van der Waals surface area contributed by atoms with E-state index in [1.807, 2.05) is 36.4 Å². The van der Waals surface area contributed by atoms with Crippen LogP contribution >= 0.6 is 0 Å². The van der Waals surface area contributed by atoms with Gasteiger partial charge in [-0.1, -0.05) is 127 Å². The third kappa shape index (κ3) is 3.67. The van der Waals surface area contributed by atoms with Gasteiger partial charge in [-0.05, 0) is 63.0 Å². The molecule has 11 aromatic rings. The smallest absolute Gasteiger partial charge is 0.143 e. The van der Waals surface area contributed by atoms with Crippen LogP contribution in [0.2, 0.25) is 0 Å². The minimum atomic E-state index is 0.833. The van der Waals surface area contributed by atoms with Crippen molar-refractivity contribution in [2.45, 2.75) is 0 Å². The van der Waals surface area contributed by atoms with Gasteiger partial charge in [-0.25, -0.2) is 0 Å². The molecule has 0 amide bonds. The molecule has 0 aliphatic rings. The third-order valence-electron chi connectivity index (χ3n) is 10.1. The number of benzene rings is 8. The summed E-state index contributed by atoms with van der Waals surface area (Å²) in [5.41, 5.74) is 9.93. The lowest BCUT2D eigenvalue weighted by Crippen LogP contribution is -1.92. The molecular formula is C46H26O3. The van der Waals surface area contributed by atoms with Crippen molar-refractivity contribution in [1.29, 1.82) is 0 Å². The molecule has 3 nitrogen and oxygen atoms in total. The van der Waals surface area contributed by atoms with E-state index in [1.165, 1.54) is 16.3 Å². The molecule has 0 unspecified atom stereocenters. The highest BCUT2D eigenvalue weighted by atomic mass is 16.3. The monoisotopic (exact) mass is 626 g/mol. The largest absolute Gasteiger partial charge is 0.456 e. The maximum Gasteiger partial charge on any atom is 0.143 e. The summed E-state index contributed by atoms with van der Waals surface area (Å²) in [6, 6.07) is 55.2. The van der Waals surface area contributed by atoms with Gasteiger partial charge in [0, 0.05) is 43.6 Å². The Morgan fingerprint density at radius 3 is 1.37 bits per heavy atom. The molecule has 0 fully saturated rings. The van der Waals surface area contributed by atoms with E-state index in [0.717, 1.165) is 93.6 Å². The summed E-state index contributed by atoms with van der Waals surface area (Å²) >= 11 is 0. The molecular weight excluding hydrogens is 601 g/mol. The first-order valence-electron chi connectivity index (χ1n) is 16.6. The Labute approximate surface area is 280 Å². The minimum absolute atomic E-state index is 0.833. The van der Waals surface area contributed by atoms with E-state index in [1.54, 1.807) is 0 Å². The lowest BCUT2D eigenvalue weighted by molar-refractivity contribution is 0.632. The molecule has 0 N–H and O–H groups in total. The molecule has 11 rings (SSSR count). The van der Waals surface area contributed by atoms with E-state index < -0.39 is 0 Å². The van der Waals surface area contributed by atoms with Gasteiger partial charge in [0.2, 0.25) is 0 Å². The first-order chi connectivity index (χ1) is 24.3. The average molecular weight is 627 g/mol. The zero-order valence-corrected chi connectivity index (χ0v) is 26.2. The van der Waals surface area contributed by atoms with Crippen molar-refractivity contribution >= 4 is 76.4 Å². The zero-order valence-electron chi connectivity index (χ0n) is 26.2. The molecule has 8 aromatic carbocycles. The second kappa shape index (κ2) is 9.96. The Kier molecular flexibility index (Phi) is 5.38. The van der Waals surface area contributed by atoms with Crippen LogP contribution in [0.1, 0.15) is 0 Å². The van der Waals surface area contributed by atoms with Crippen molar-refractivity contribution in [3.05, 3.63) is 158 Å². The van der Waals surface area contributed by atoms with E-state index in [2.05, 4.69) is 121 Å². The fourth-order valence-electron chi connectivity index (χ4n) is 8.11. The lowest BCUT2D eigenvalue weighted by atomic mass is 9.83. The van der Waals surface area contributed by atoms with Crippen LogP contribution in [0.3, 0.4) is 0 Å². The van der Waals surface area contributed by atoms with Crippen LogP contribution < -0.4 is 0 Å². The average Bonchev–Trinajstić information content (AvgIpc) is 3.85. The summed E-state index contributed by atoms with van der Waals surface area (Å²) in [6.07, 6.45) is 0. The molecule has 0 saturated heterocycles. The highest BCUT2D eigenvalue weighted by molar-refractivity contribution is 6.31. The number of hydrogen-bond acceptors (Lipinski definition) is 3. The van der Waals surface area contributed by atoms with E-state index in [4.69, 9.17) is 13.3 Å². The second-order valence-electron chi connectivity index (χ2n) is 12.7. The maximum absolute atomic E-state index is 6.92. The number of rotatable bonds is 3. The Morgan fingerprint density at radius 2 is 0.735 bits per heavy atom. The molecule has 228 valence electrons. The molecule has 0 spiro atoms. The van der Waals surface area contributed by atoms with Gasteiger partial charge in [0.25, 0.3) is 0 Å². The van der Waals surface area contributed by atoms with Crippen molar-refractivity contribution < 1.29 is 13.3 Å². The van der Waals surface area contributed by atoms with E-state index in [-0.39, 0.29) is 0 Å². The minimum Gasteiger partial charge on any atom is -0.456 e. The van der Waals surface area contributed by atoms with E-state index in [9.17, 15) is 0 Å². The highest BCUT2D eigenvalue weighted by Crippen LogP contribution is 2.52. The zero-order chi connectivity index (χ0) is 32.1. The summed E-state index contributed by atoms with van der Waals surface area (Å²) in [5.74, 6) is 0.847. The summed E-state index contributed by atoms with van der Waals surface area (Å²) < 4.78 is 19.7.